The molecule has 0 fully saturated rings. The molecule has 2 rings (SSSR count). The van der Waals surface area contributed by atoms with Gasteiger partial charge in [-0.25, -0.2) is 4.99 Å². The molecule has 0 bridgehead atoms. The van der Waals surface area contributed by atoms with Crippen molar-refractivity contribution in [3.63, 3.8) is 0 Å². The van der Waals surface area contributed by atoms with Gasteiger partial charge in [0.15, 0.2) is 11.7 Å². The standard InChI is InChI=1S/C17H24N4O.HI/c1-4-13(5-2)16-10-15(22-21-16)11-19-17(18)20-14-8-6-12(3)7-9-14;/h6-10,13H,4-5,11H2,1-3H3,(H3,18,19,20);1H. The third kappa shape index (κ3) is 5.85. The first-order chi connectivity index (χ1) is 10.6. The second-order valence-electron chi connectivity index (χ2n) is 5.42. The molecule has 0 saturated carbocycles. The lowest BCUT2D eigenvalue weighted by Crippen LogP contribution is -2.22. The van der Waals surface area contributed by atoms with Crippen LogP contribution in [-0.4, -0.2) is 11.1 Å². The van der Waals surface area contributed by atoms with Crippen molar-refractivity contribution >= 4 is 35.6 Å². The van der Waals surface area contributed by atoms with Crippen molar-refractivity contribution in [3.8, 4) is 0 Å². The van der Waals surface area contributed by atoms with Gasteiger partial charge in [-0.1, -0.05) is 36.7 Å². The Bertz CT molecular complexity index is 618. The Morgan fingerprint density at radius 1 is 1.26 bits per heavy atom. The highest BCUT2D eigenvalue weighted by atomic mass is 127. The molecule has 0 radical (unpaired) electrons. The van der Waals surface area contributed by atoms with E-state index in [4.69, 9.17) is 10.3 Å². The number of nitrogens with two attached hydrogens (primary N) is 1. The predicted molar refractivity (Wildman–Crippen MR) is 105 cm³/mol. The molecule has 23 heavy (non-hydrogen) atoms. The van der Waals surface area contributed by atoms with Crippen LogP contribution in [0.3, 0.4) is 0 Å². The maximum Gasteiger partial charge on any atom is 0.193 e. The number of guanidine groups is 1. The molecule has 0 aliphatic rings. The second kappa shape index (κ2) is 9.54. The molecule has 126 valence electrons. The van der Waals surface area contributed by atoms with E-state index in [1.165, 1.54) is 5.56 Å². The molecule has 6 heteroatoms. The van der Waals surface area contributed by atoms with E-state index in [2.05, 4.69) is 29.3 Å². The lowest BCUT2D eigenvalue weighted by molar-refractivity contribution is 0.372. The third-order valence-electron chi connectivity index (χ3n) is 3.71. The predicted octanol–water partition coefficient (Wildman–Crippen LogP) is 4.43. The summed E-state index contributed by atoms with van der Waals surface area (Å²) in [4.78, 5) is 4.29. The fourth-order valence-electron chi connectivity index (χ4n) is 2.29. The summed E-state index contributed by atoms with van der Waals surface area (Å²) in [7, 11) is 0. The molecule has 0 unspecified atom stereocenters. The van der Waals surface area contributed by atoms with Crippen molar-refractivity contribution in [2.24, 2.45) is 10.7 Å². The highest BCUT2D eigenvalue weighted by Crippen LogP contribution is 2.22. The molecule has 0 spiro atoms. The van der Waals surface area contributed by atoms with Crippen molar-refractivity contribution in [2.45, 2.75) is 46.1 Å². The number of nitrogens with one attached hydrogen (secondary N) is 1. The number of hydrogen-bond donors (Lipinski definition) is 2. The Morgan fingerprint density at radius 2 is 1.91 bits per heavy atom. The lowest BCUT2D eigenvalue weighted by atomic mass is 9.99. The smallest absolute Gasteiger partial charge is 0.193 e. The second-order valence-corrected chi connectivity index (χ2v) is 5.42. The highest BCUT2D eigenvalue weighted by Gasteiger charge is 2.12. The Kier molecular flexibility index (Phi) is 8.08. The number of aliphatic imine (C=N–C) groups is 1. The molecule has 0 amide bonds. The summed E-state index contributed by atoms with van der Waals surface area (Å²) >= 11 is 0. The first-order valence-corrected chi connectivity index (χ1v) is 7.71. The molecular formula is C17H25IN4O. The summed E-state index contributed by atoms with van der Waals surface area (Å²) in [6, 6.07) is 9.96. The van der Waals surface area contributed by atoms with Crippen LogP contribution in [0.1, 0.15) is 49.6 Å². The van der Waals surface area contributed by atoms with Crippen LogP contribution in [-0.2, 0) is 6.54 Å². The van der Waals surface area contributed by atoms with Crippen molar-refractivity contribution in [1.82, 2.24) is 5.16 Å². The summed E-state index contributed by atoms with van der Waals surface area (Å²) in [5.74, 6) is 1.55. The summed E-state index contributed by atoms with van der Waals surface area (Å²) in [5, 5.41) is 7.18. The molecule has 1 aromatic carbocycles. The minimum Gasteiger partial charge on any atom is -0.370 e. The van der Waals surface area contributed by atoms with Gasteiger partial charge in [-0.3, -0.25) is 0 Å². The third-order valence-corrected chi connectivity index (χ3v) is 3.71. The minimum atomic E-state index is 0. The van der Waals surface area contributed by atoms with Gasteiger partial charge < -0.3 is 15.6 Å². The van der Waals surface area contributed by atoms with Gasteiger partial charge in [-0.2, -0.15) is 0 Å². The first kappa shape index (κ1) is 19.5. The van der Waals surface area contributed by atoms with Crippen molar-refractivity contribution in [2.75, 3.05) is 5.32 Å². The number of benzene rings is 1. The van der Waals surface area contributed by atoms with Gasteiger partial charge in [0.05, 0.1) is 5.69 Å². The summed E-state index contributed by atoms with van der Waals surface area (Å²) < 4.78 is 5.33. The van der Waals surface area contributed by atoms with E-state index in [9.17, 15) is 0 Å². The maximum absolute atomic E-state index is 5.89. The van der Waals surface area contributed by atoms with Crippen LogP contribution < -0.4 is 11.1 Å². The Labute approximate surface area is 154 Å². The molecule has 0 aliphatic carbocycles. The van der Waals surface area contributed by atoms with E-state index in [0.717, 1.165) is 30.0 Å². The van der Waals surface area contributed by atoms with Crippen LogP contribution in [0.15, 0.2) is 39.8 Å². The zero-order chi connectivity index (χ0) is 15.9. The van der Waals surface area contributed by atoms with Crippen molar-refractivity contribution in [1.29, 1.82) is 0 Å². The molecular weight excluding hydrogens is 403 g/mol. The summed E-state index contributed by atoms with van der Waals surface area (Å²) in [5.41, 5.74) is 9.01. The van der Waals surface area contributed by atoms with Crippen LogP contribution in [0.25, 0.3) is 0 Å². The van der Waals surface area contributed by atoms with E-state index < -0.39 is 0 Å². The van der Waals surface area contributed by atoms with Crippen LogP contribution in [0.5, 0.6) is 0 Å². The highest BCUT2D eigenvalue weighted by molar-refractivity contribution is 14.0. The Balaban J connectivity index is 0.00000264. The first-order valence-electron chi connectivity index (χ1n) is 7.71. The van der Waals surface area contributed by atoms with Crippen LogP contribution in [0.4, 0.5) is 5.69 Å². The van der Waals surface area contributed by atoms with E-state index in [0.29, 0.717) is 18.4 Å². The zero-order valence-electron chi connectivity index (χ0n) is 13.9. The molecule has 0 atom stereocenters. The quantitative estimate of drug-likeness (QED) is 0.406. The van der Waals surface area contributed by atoms with Crippen LogP contribution in [0, 0.1) is 6.92 Å². The fourth-order valence-corrected chi connectivity index (χ4v) is 2.29. The van der Waals surface area contributed by atoms with Gasteiger partial charge >= 0.3 is 0 Å². The van der Waals surface area contributed by atoms with Gasteiger partial charge in [0.25, 0.3) is 0 Å². The molecule has 1 aromatic heterocycles. The molecule has 2 aromatic rings. The average molecular weight is 428 g/mol. The largest absolute Gasteiger partial charge is 0.370 e. The molecule has 1 heterocycles. The van der Waals surface area contributed by atoms with Gasteiger partial charge in [-0.05, 0) is 31.9 Å². The van der Waals surface area contributed by atoms with Gasteiger partial charge in [0, 0.05) is 17.7 Å². The topological polar surface area (TPSA) is 76.4 Å². The fraction of sp³-hybridized carbons (Fsp3) is 0.412. The normalized spacial score (nSPS) is 11.4. The lowest BCUT2D eigenvalue weighted by Gasteiger charge is -2.06. The SMILES string of the molecule is CCC(CC)c1cc(CN=C(N)Nc2ccc(C)cc2)on1.I. The van der Waals surface area contributed by atoms with E-state index in [1.54, 1.807) is 0 Å². The van der Waals surface area contributed by atoms with E-state index >= 15 is 0 Å². The molecule has 0 aliphatic heterocycles. The van der Waals surface area contributed by atoms with Crippen LogP contribution >= 0.6 is 24.0 Å². The van der Waals surface area contributed by atoms with Gasteiger partial charge in [0.2, 0.25) is 0 Å². The van der Waals surface area contributed by atoms with Crippen LogP contribution in [0.2, 0.25) is 0 Å². The maximum atomic E-state index is 5.89. The monoisotopic (exact) mass is 428 g/mol. The Morgan fingerprint density at radius 3 is 2.52 bits per heavy atom. The number of aromatic nitrogens is 1. The number of nitrogens with zero attached hydrogens (tertiary/aromatic N) is 2. The number of halogens is 1. The van der Waals surface area contributed by atoms with Gasteiger partial charge in [0.1, 0.15) is 6.54 Å². The van der Waals surface area contributed by atoms with Gasteiger partial charge in [-0.15, -0.1) is 24.0 Å². The number of anilines is 1. The molecule has 5 nitrogen and oxygen atoms in total. The number of hydrogen-bond acceptors (Lipinski definition) is 3. The zero-order valence-corrected chi connectivity index (χ0v) is 16.2. The summed E-state index contributed by atoms with van der Waals surface area (Å²) in [6.07, 6.45) is 2.12. The average Bonchev–Trinajstić information content (AvgIpc) is 2.98. The Hall–Kier alpha value is -1.57. The van der Waals surface area contributed by atoms with Crippen molar-refractivity contribution < 1.29 is 4.52 Å². The minimum absolute atomic E-state index is 0. The molecule has 0 saturated heterocycles. The van der Waals surface area contributed by atoms with E-state index in [1.807, 2.05) is 37.3 Å². The molecule has 3 N–H and O–H groups in total. The summed E-state index contributed by atoms with van der Waals surface area (Å²) in [6.45, 7) is 6.74. The number of rotatable bonds is 6. The van der Waals surface area contributed by atoms with Crippen molar-refractivity contribution in [3.05, 3.63) is 47.3 Å². The van der Waals surface area contributed by atoms with E-state index in [-0.39, 0.29) is 24.0 Å². The number of aryl methyl sites for hydroxylation is 1.